The normalized spacial score (nSPS) is 19.8. The average molecular weight is 465 g/mol. The number of rotatable bonds is 6. The number of carbonyl (C=O) groups excluding carboxylic acids is 1. The Bertz CT molecular complexity index is 970. The number of nitrogens with zero attached hydrogens (tertiary/aromatic N) is 1. The average Bonchev–Trinajstić information content (AvgIpc) is 3.04. The first-order valence-electron chi connectivity index (χ1n) is 10.8. The van der Waals surface area contributed by atoms with Crippen molar-refractivity contribution < 1.29 is 22.7 Å². The molecule has 1 fully saturated rings. The predicted octanol–water partition coefficient (Wildman–Crippen LogP) is 5.41. The lowest BCUT2D eigenvalue weighted by Gasteiger charge is -2.30. The van der Waals surface area contributed by atoms with E-state index in [9.17, 15) is 18.0 Å². The molecule has 0 spiro atoms. The van der Waals surface area contributed by atoms with Crippen LogP contribution in [0.3, 0.4) is 0 Å². The van der Waals surface area contributed by atoms with Crippen LogP contribution in [-0.4, -0.2) is 49.5 Å². The summed E-state index contributed by atoms with van der Waals surface area (Å²) in [6.45, 7) is 2.09. The third-order valence-corrected chi connectivity index (χ3v) is 6.98. The van der Waals surface area contributed by atoms with Crippen LogP contribution < -0.4 is 10.1 Å². The number of benzene rings is 2. The van der Waals surface area contributed by atoms with Crippen LogP contribution in [0, 0.1) is 5.92 Å². The first kappa shape index (κ1) is 23.0. The zero-order valence-electron chi connectivity index (χ0n) is 18.2. The highest BCUT2D eigenvalue weighted by Crippen LogP contribution is 2.39. The number of thioether (sulfide) groups is 1. The van der Waals surface area contributed by atoms with Gasteiger partial charge < -0.3 is 15.0 Å². The van der Waals surface area contributed by atoms with E-state index in [1.54, 1.807) is 19.2 Å². The van der Waals surface area contributed by atoms with Crippen LogP contribution in [0.15, 0.2) is 41.3 Å². The molecule has 32 heavy (non-hydrogen) atoms. The summed E-state index contributed by atoms with van der Waals surface area (Å²) in [5, 5.41) is 3.60. The monoisotopic (exact) mass is 464 g/mol. The van der Waals surface area contributed by atoms with E-state index >= 15 is 0 Å². The van der Waals surface area contributed by atoms with E-state index in [2.05, 4.69) is 17.3 Å². The van der Waals surface area contributed by atoms with Crippen LogP contribution >= 0.6 is 11.8 Å². The summed E-state index contributed by atoms with van der Waals surface area (Å²) in [7, 11) is 3.74. The summed E-state index contributed by atoms with van der Waals surface area (Å²) in [5.41, 5.74) is -0.837. The number of alkyl halides is 3. The number of Topliss-reactive ketones (excluding diaryl/α,β-unsaturated/α-hetero) is 1. The molecular weight excluding hydrogens is 437 g/mol. The van der Waals surface area contributed by atoms with Crippen LogP contribution in [0.1, 0.15) is 34.3 Å². The number of methoxy groups -OCH3 is 1. The standard InChI is InChI=1S/C24H27F3N2O2S/c1-29-9-7-18(8-10-29)28-21-13-16-12-17(23(30)20(16)14-22(21)31-2)11-15-3-5-19(6-4-15)32-24(25,26)27/h3-6,13-14,17-18,28H,7-12H2,1-2H3. The highest BCUT2D eigenvalue weighted by Gasteiger charge is 2.33. The van der Waals surface area contributed by atoms with Crippen LogP contribution in [0.2, 0.25) is 0 Å². The fourth-order valence-corrected chi connectivity index (χ4v) is 5.07. The van der Waals surface area contributed by atoms with Crippen molar-refractivity contribution in [2.75, 3.05) is 32.6 Å². The van der Waals surface area contributed by atoms with Crippen molar-refractivity contribution in [2.24, 2.45) is 5.92 Å². The molecule has 1 aliphatic heterocycles. The predicted molar refractivity (Wildman–Crippen MR) is 121 cm³/mol. The molecule has 4 nitrogen and oxygen atoms in total. The molecule has 4 rings (SSSR count). The SMILES string of the molecule is COc1cc2c(cc1NC1CCN(C)CC1)CC(Cc1ccc(SC(F)(F)F)cc1)C2=O. The summed E-state index contributed by atoms with van der Waals surface area (Å²) in [5.74, 6) is 0.525. The van der Waals surface area contributed by atoms with Crippen LogP contribution in [0.4, 0.5) is 18.9 Å². The Hall–Kier alpha value is -2.19. The second-order valence-electron chi connectivity index (χ2n) is 8.59. The molecule has 8 heteroatoms. The van der Waals surface area contributed by atoms with Crippen molar-refractivity contribution in [1.82, 2.24) is 4.90 Å². The van der Waals surface area contributed by atoms with Gasteiger partial charge in [-0.25, -0.2) is 0 Å². The number of anilines is 1. The summed E-state index contributed by atoms with van der Waals surface area (Å²) in [6.07, 6.45) is 3.24. The highest BCUT2D eigenvalue weighted by molar-refractivity contribution is 8.00. The number of fused-ring (bicyclic) bond motifs is 1. The molecule has 0 amide bonds. The van der Waals surface area contributed by atoms with E-state index in [-0.39, 0.29) is 28.4 Å². The van der Waals surface area contributed by atoms with Crippen molar-refractivity contribution in [3.63, 3.8) is 0 Å². The second kappa shape index (κ2) is 9.35. The molecule has 0 radical (unpaired) electrons. The fourth-order valence-electron chi connectivity index (χ4n) is 4.53. The maximum atomic E-state index is 13.0. The number of piperidine rings is 1. The van der Waals surface area contributed by atoms with Crippen LogP contribution in [-0.2, 0) is 12.8 Å². The van der Waals surface area contributed by atoms with Crippen molar-refractivity contribution in [1.29, 1.82) is 0 Å². The van der Waals surface area contributed by atoms with Gasteiger partial charge in [0.15, 0.2) is 5.78 Å². The molecule has 1 N–H and O–H groups in total. The largest absolute Gasteiger partial charge is 0.495 e. The molecule has 1 heterocycles. The topological polar surface area (TPSA) is 41.6 Å². The molecule has 1 aliphatic carbocycles. The third kappa shape index (κ3) is 5.41. The Morgan fingerprint density at radius 1 is 1.16 bits per heavy atom. The number of hydrogen-bond acceptors (Lipinski definition) is 5. The minimum atomic E-state index is -4.30. The number of hydrogen-bond donors (Lipinski definition) is 1. The van der Waals surface area contributed by atoms with E-state index in [0.29, 0.717) is 30.2 Å². The number of nitrogens with one attached hydrogen (secondary N) is 1. The molecular formula is C24H27F3N2O2S. The second-order valence-corrected chi connectivity index (χ2v) is 9.73. The van der Waals surface area contributed by atoms with E-state index in [1.165, 1.54) is 12.1 Å². The van der Waals surface area contributed by atoms with Gasteiger partial charge in [0.25, 0.3) is 0 Å². The van der Waals surface area contributed by atoms with Gasteiger partial charge in [0.2, 0.25) is 0 Å². The molecule has 0 bridgehead atoms. The Balaban J connectivity index is 1.45. The van der Waals surface area contributed by atoms with Crippen LogP contribution in [0.25, 0.3) is 0 Å². The van der Waals surface area contributed by atoms with Gasteiger partial charge in [-0.2, -0.15) is 13.2 Å². The van der Waals surface area contributed by atoms with E-state index in [1.807, 2.05) is 12.1 Å². The summed E-state index contributed by atoms with van der Waals surface area (Å²) in [6, 6.07) is 10.5. The first-order chi connectivity index (χ1) is 15.2. The van der Waals surface area contributed by atoms with Gasteiger partial charge in [0.1, 0.15) is 5.75 Å². The molecule has 2 aromatic carbocycles. The van der Waals surface area contributed by atoms with Gasteiger partial charge in [-0.05, 0) is 93.0 Å². The molecule has 2 aliphatic rings. The lowest BCUT2D eigenvalue weighted by atomic mass is 9.96. The number of halogens is 3. The Morgan fingerprint density at radius 3 is 2.47 bits per heavy atom. The first-order valence-corrected chi connectivity index (χ1v) is 11.6. The minimum absolute atomic E-state index is 0.0675. The van der Waals surface area contributed by atoms with E-state index in [4.69, 9.17) is 4.74 Å². The van der Waals surface area contributed by atoms with Gasteiger partial charge >= 0.3 is 5.51 Å². The van der Waals surface area contributed by atoms with Gasteiger partial charge in [-0.15, -0.1) is 0 Å². The van der Waals surface area contributed by atoms with Gasteiger partial charge in [-0.1, -0.05) is 12.1 Å². The molecule has 1 atom stereocenters. The van der Waals surface area contributed by atoms with E-state index in [0.717, 1.165) is 42.7 Å². The quantitative estimate of drug-likeness (QED) is 0.579. The maximum Gasteiger partial charge on any atom is 0.446 e. The summed E-state index contributed by atoms with van der Waals surface area (Å²) in [4.78, 5) is 15.5. The van der Waals surface area contributed by atoms with Gasteiger partial charge in [0, 0.05) is 22.4 Å². The highest BCUT2D eigenvalue weighted by atomic mass is 32.2. The Kier molecular flexibility index (Phi) is 6.72. The van der Waals surface area contributed by atoms with Gasteiger partial charge in [0.05, 0.1) is 12.8 Å². The molecule has 0 saturated carbocycles. The van der Waals surface area contributed by atoms with Crippen molar-refractivity contribution >= 4 is 23.2 Å². The lowest BCUT2D eigenvalue weighted by molar-refractivity contribution is -0.0328. The third-order valence-electron chi connectivity index (χ3n) is 6.25. The smallest absolute Gasteiger partial charge is 0.446 e. The zero-order chi connectivity index (χ0) is 22.9. The molecule has 1 unspecified atom stereocenters. The summed E-state index contributed by atoms with van der Waals surface area (Å²) < 4.78 is 43.2. The molecule has 1 saturated heterocycles. The summed E-state index contributed by atoms with van der Waals surface area (Å²) >= 11 is -0.128. The van der Waals surface area contributed by atoms with Gasteiger partial charge in [-0.3, -0.25) is 4.79 Å². The van der Waals surface area contributed by atoms with Crippen molar-refractivity contribution in [3.05, 3.63) is 53.1 Å². The molecule has 2 aromatic rings. The molecule has 172 valence electrons. The Morgan fingerprint density at radius 2 is 1.84 bits per heavy atom. The maximum absolute atomic E-state index is 13.0. The fraction of sp³-hybridized carbons (Fsp3) is 0.458. The van der Waals surface area contributed by atoms with Crippen LogP contribution in [0.5, 0.6) is 5.75 Å². The number of ketones is 1. The van der Waals surface area contributed by atoms with Crippen molar-refractivity contribution in [3.8, 4) is 5.75 Å². The number of likely N-dealkylation sites (tertiary alicyclic amines) is 1. The van der Waals surface area contributed by atoms with E-state index < -0.39 is 5.51 Å². The number of carbonyl (C=O) groups is 1. The lowest BCUT2D eigenvalue weighted by Crippen LogP contribution is -2.36. The number of ether oxygens (including phenoxy) is 1. The zero-order valence-corrected chi connectivity index (χ0v) is 19.0. The molecule has 0 aromatic heterocycles. The Labute approximate surface area is 190 Å². The minimum Gasteiger partial charge on any atom is -0.495 e. The van der Waals surface area contributed by atoms with Crippen molar-refractivity contribution in [2.45, 2.75) is 42.1 Å².